The third-order valence-electron chi connectivity index (χ3n) is 3.77. The Morgan fingerprint density at radius 2 is 2.05 bits per heavy atom. The van der Waals surface area contributed by atoms with Crippen molar-refractivity contribution in [3.05, 3.63) is 23.8 Å². The van der Waals surface area contributed by atoms with Crippen LogP contribution in [0, 0.1) is 0 Å². The Bertz CT molecular complexity index is 457. The number of aliphatic imine (C=N–C) groups is 1. The minimum atomic E-state index is -0.272. The van der Waals surface area contributed by atoms with E-state index in [9.17, 15) is 4.79 Å². The van der Waals surface area contributed by atoms with E-state index < -0.39 is 0 Å². The Balaban J connectivity index is 0.000000261. The smallest absolute Gasteiger partial charge is 0.231 e. The molecule has 22 heavy (non-hydrogen) atoms. The van der Waals surface area contributed by atoms with Crippen molar-refractivity contribution < 1.29 is 9.53 Å². The van der Waals surface area contributed by atoms with Crippen molar-refractivity contribution in [1.29, 1.82) is 0 Å². The predicted octanol–water partition coefficient (Wildman–Crippen LogP) is 2.63. The van der Waals surface area contributed by atoms with Gasteiger partial charge in [0, 0.05) is 20.3 Å². The number of nitrogens with zero attached hydrogens (tertiary/aromatic N) is 2. The number of ether oxygens (including phenoxy) is 1. The summed E-state index contributed by atoms with van der Waals surface area (Å²) in [5, 5.41) is 0. The fourth-order valence-electron chi connectivity index (χ4n) is 2.32. The molecule has 1 spiro atoms. The van der Waals surface area contributed by atoms with E-state index in [0.717, 1.165) is 19.3 Å². The molecule has 2 heterocycles. The molecule has 0 aromatic heterocycles. The molecule has 1 amide bonds. The van der Waals surface area contributed by atoms with Crippen LogP contribution in [0.15, 0.2) is 28.8 Å². The van der Waals surface area contributed by atoms with Crippen LogP contribution in [0.5, 0.6) is 0 Å². The Kier molecular flexibility index (Phi) is 7.32. The van der Waals surface area contributed by atoms with E-state index in [0.29, 0.717) is 25.6 Å². The second-order valence-corrected chi connectivity index (χ2v) is 6.02. The highest BCUT2D eigenvalue weighted by Gasteiger charge is 2.39. The van der Waals surface area contributed by atoms with Gasteiger partial charge in [0.15, 0.2) is 5.96 Å². The summed E-state index contributed by atoms with van der Waals surface area (Å²) in [6.45, 7) is 7.68. The number of hydrogen-bond acceptors (Lipinski definition) is 4. The van der Waals surface area contributed by atoms with Crippen LogP contribution < -0.4 is 5.73 Å². The molecule has 2 aliphatic rings. The summed E-state index contributed by atoms with van der Waals surface area (Å²) in [7, 11) is 1.66. The Hall–Kier alpha value is -1.62. The zero-order valence-electron chi connectivity index (χ0n) is 14.3. The van der Waals surface area contributed by atoms with Gasteiger partial charge in [0.05, 0.1) is 12.0 Å². The lowest BCUT2D eigenvalue weighted by atomic mass is 9.86. The average molecular weight is 307 g/mol. The lowest BCUT2D eigenvalue weighted by molar-refractivity contribution is -0.129. The van der Waals surface area contributed by atoms with Gasteiger partial charge < -0.3 is 10.5 Å². The van der Waals surface area contributed by atoms with E-state index in [2.05, 4.69) is 44.0 Å². The molecule has 0 aromatic rings. The van der Waals surface area contributed by atoms with Crippen LogP contribution in [0.3, 0.4) is 0 Å². The van der Waals surface area contributed by atoms with Crippen molar-refractivity contribution in [2.24, 2.45) is 10.7 Å². The molecule has 2 aliphatic heterocycles. The molecule has 2 N–H and O–H groups in total. The second kappa shape index (κ2) is 8.73. The highest BCUT2D eigenvalue weighted by atomic mass is 16.5. The molecular weight excluding hydrogens is 278 g/mol. The van der Waals surface area contributed by atoms with Crippen LogP contribution in [-0.4, -0.2) is 42.6 Å². The van der Waals surface area contributed by atoms with Gasteiger partial charge in [-0.05, 0) is 33.1 Å². The van der Waals surface area contributed by atoms with Crippen LogP contribution in [0.4, 0.5) is 0 Å². The molecule has 0 saturated carbocycles. The summed E-state index contributed by atoms with van der Waals surface area (Å²) >= 11 is 0. The Morgan fingerprint density at radius 1 is 1.41 bits per heavy atom. The van der Waals surface area contributed by atoms with Crippen LogP contribution in [0.2, 0.25) is 0 Å². The first-order valence-corrected chi connectivity index (χ1v) is 7.90. The molecule has 0 bridgehead atoms. The van der Waals surface area contributed by atoms with Crippen molar-refractivity contribution in [1.82, 2.24) is 4.90 Å². The van der Waals surface area contributed by atoms with Gasteiger partial charge in [-0.3, -0.25) is 9.69 Å². The molecule has 5 nitrogen and oxygen atoms in total. The zero-order chi connectivity index (χ0) is 16.6. The first kappa shape index (κ1) is 18.4. The maximum atomic E-state index is 11.6. The summed E-state index contributed by atoms with van der Waals surface area (Å²) in [6.07, 6.45) is 9.55. The fraction of sp³-hybridized carbons (Fsp3) is 0.647. The fourth-order valence-corrected chi connectivity index (χ4v) is 2.32. The second-order valence-electron chi connectivity index (χ2n) is 6.02. The van der Waals surface area contributed by atoms with Crippen LogP contribution >= 0.6 is 0 Å². The van der Waals surface area contributed by atoms with Gasteiger partial charge in [-0.1, -0.05) is 30.7 Å². The maximum absolute atomic E-state index is 11.6. The summed E-state index contributed by atoms with van der Waals surface area (Å²) in [5.41, 5.74) is 6.77. The monoisotopic (exact) mass is 307 g/mol. The third kappa shape index (κ3) is 5.64. The van der Waals surface area contributed by atoms with Crippen molar-refractivity contribution in [2.45, 2.75) is 52.0 Å². The zero-order valence-corrected chi connectivity index (χ0v) is 14.3. The molecular formula is C17H29N3O2. The molecule has 0 aromatic carbocycles. The van der Waals surface area contributed by atoms with E-state index in [1.165, 1.54) is 10.5 Å². The van der Waals surface area contributed by atoms with Crippen LogP contribution in [0.25, 0.3) is 0 Å². The van der Waals surface area contributed by atoms with E-state index >= 15 is 0 Å². The Labute approximate surface area is 133 Å². The Morgan fingerprint density at radius 3 is 2.55 bits per heavy atom. The van der Waals surface area contributed by atoms with Gasteiger partial charge in [-0.25, -0.2) is 4.99 Å². The number of nitrogens with two attached hydrogens (primary N) is 1. The van der Waals surface area contributed by atoms with Crippen molar-refractivity contribution in [2.75, 3.05) is 20.3 Å². The number of carbonyl (C=O) groups excluding carboxylic acids is 1. The minimum Gasteiger partial charge on any atom is -0.381 e. The van der Waals surface area contributed by atoms with E-state index in [-0.39, 0.29) is 11.4 Å². The average Bonchev–Trinajstić information content (AvgIpc) is 2.46. The quantitative estimate of drug-likeness (QED) is 0.797. The molecule has 2 rings (SSSR count). The first-order valence-electron chi connectivity index (χ1n) is 7.90. The molecule has 0 unspecified atom stereocenters. The predicted molar refractivity (Wildman–Crippen MR) is 90.7 cm³/mol. The van der Waals surface area contributed by atoms with E-state index in [1.54, 1.807) is 7.05 Å². The van der Waals surface area contributed by atoms with Gasteiger partial charge in [-0.15, -0.1) is 0 Å². The molecule has 0 aliphatic carbocycles. The van der Waals surface area contributed by atoms with E-state index in [1.807, 2.05) is 0 Å². The molecule has 124 valence electrons. The highest BCUT2D eigenvalue weighted by Crippen LogP contribution is 2.31. The van der Waals surface area contributed by atoms with Crippen LogP contribution in [-0.2, 0) is 9.53 Å². The number of rotatable bonds is 2. The number of allylic oxidation sites excluding steroid dienone is 4. The summed E-state index contributed by atoms with van der Waals surface area (Å²) < 4.78 is 5.26. The van der Waals surface area contributed by atoms with Crippen molar-refractivity contribution >= 4 is 11.9 Å². The summed E-state index contributed by atoms with van der Waals surface area (Å²) in [4.78, 5) is 17.4. The molecule has 1 fully saturated rings. The number of carbonyl (C=O) groups is 1. The largest absolute Gasteiger partial charge is 0.381 e. The van der Waals surface area contributed by atoms with Gasteiger partial charge in [0.25, 0.3) is 0 Å². The molecule has 5 heteroatoms. The minimum absolute atomic E-state index is 0.0550. The van der Waals surface area contributed by atoms with E-state index in [4.69, 9.17) is 10.5 Å². The number of amides is 1. The topological polar surface area (TPSA) is 67.9 Å². The highest BCUT2D eigenvalue weighted by molar-refractivity contribution is 5.98. The molecule has 1 saturated heterocycles. The SMILES string of the molecule is CC/C=C\C=C(C)C.CN1C(=O)CC2(CCOCC2)N=C1N. The number of guanidine groups is 1. The normalized spacial score (nSPS) is 20.5. The van der Waals surface area contributed by atoms with Gasteiger partial charge in [-0.2, -0.15) is 0 Å². The van der Waals surface area contributed by atoms with Gasteiger partial charge >= 0.3 is 0 Å². The van der Waals surface area contributed by atoms with Gasteiger partial charge in [0.1, 0.15) is 0 Å². The van der Waals surface area contributed by atoms with Crippen molar-refractivity contribution in [3.63, 3.8) is 0 Å². The first-order chi connectivity index (χ1) is 10.4. The summed E-state index contributed by atoms with van der Waals surface area (Å²) in [5.74, 6) is 0.391. The van der Waals surface area contributed by atoms with Gasteiger partial charge in [0.2, 0.25) is 5.91 Å². The van der Waals surface area contributed by atoms with Crippen molar-refractivity contribution in [3.8, 4) is 0 Å². The third-order valence-corrected chi connectivity index (χ3v) is 3.77. The lowest BCUT2D eigenvalue weighted by Gasteiger charge is -2.38. The maximum Gasteiger partial charge on any atom is 0.231 e. The number of hydrogen-bond donors (Lipinski definition) is 1. The lowest BCUT2D eigenvalue weighted by Crippen LogP contribution is -2.51. The molecule has 0 atom stereocenters. The standard InChI is InChI=1S/C9H15N3O2.C8H14/c1-12-7(13)6-9(11-8(12)10)2-4-14-5-3-9;1-4-5-6-7-8(2)3/h2-6H2,1H3,(H2,10,11);5-7H,4H2,1-3H3/b;6-5-. The summed E-state index contributed by atoms with van der Waals surface area (Å²) in [6, 6.07) is 0. The molecule has 0 radical (unpaired) electrons. The van der Waals surface area contributed by atoms with Crippen LogP contribution in [0.1, 0.15) is 46.5 Å².